The van der Waals surface area contributed by atoms with Gasteiger partial charge < -0.3 is 19.7 Å². The second kappa shape index (κ2) is 7.11. The first-order chi connectivity index (χ1) is 9.92. The van der Waals surface area contributed by atoms with Gasteiger partial charge in [0.05, 0.1) is 12.7 Å². The van der Waals surface area contributed by atoms with E-state index in [9.17, 15) is 13.2 Å². The Morgan fingerprint density at radius 1 is 1.43 bits per heavy atom. The van der Waals surface area contributed by atoms with E-state index in [1.807, 2.05) is 7.05 Å². The first-order valence-corrected chi connectivity index (χ1v) is 6.78. The zero-order valence-electron chi connectivity index (χ0n) is 11.8. The molecule has 1 aliphatic heterocycles. The predicted octanol–water partition coefficient (Wildman–Crippen LogP) is 2.01. The van der Waals surface area contributed by atoms with Gasteiger partial charge in [-0.3, -0.25) is 0 Å². The molecule has 2 rings (SSSR count). The van der Waals surface area contributed by atoms with Crippen molar-refractivity contribution in [1.82, 2.24) is 10.2 Å². The van der Waals surface area contributed by atoms with Gasteiger partial charge in [-0.15, -0.1) is 13.2 Å². The minimum absolute atomic E-state index is 0.110. The molecule has 1 fully saturated rings. The topological polar surface area (TPSA) is 33.7 Å². The molecule has 1 N–H and O–H groups in total. The Morgan fingerprint density at radius 3 is 2.95 bits per heavy atom. The minimum atomic E-state index is -4.66. The van der Waals surface area contributed by atoms with Crippen LogP contribution in [0.5, 0.6) is 5.75 Å². The quantitative estimate of drug-likeness (QED) is 0.902. The van der Waals surface area contributed by atoms with Crippen LogP contribution in [0, 0.1) is 0 Å². The maximum atomic E-state index is 12.1. The normalized spacial score (nSPS) is 20.5. The number of hydrogen-bond acceptors (Lipinski definition) is 4. The summed E-state index contributed by atoms with van der Waals surface area (Å²) < 4.78 is 45.9. The molecule has 0 spiro atoms. The lowest BCUT2D eigenvalue weighted by Gasteiger charge is -2.30. The van der Waals surface area contributed by atoms with Crippen LogP contribution in [0.3, 0.4) is 0 Å². The number of hydrogen-bond donors (Lipinski definition) is 1. The Kier molecular flexibility index (Phi) is 5.44. The monoisotopic (exact) mass is 304 g/mol. The van der Waals surface area contributed by atoms with Gasteiger partial charge >= 0.3 is 6.36 Å². The molecule has 1 aromatic carbocycles. The molecule has 1 heterocycles. The maximum absolute atomic E-state index is 12.1. The highest BCUT2D eigenvalue weighted by Crippen LogP contribution is 2.23. The first-order valence-electron chi connectivity index (χ1n) is 6.78. The van der Waals surface area contributed by atoms with Gasteiger partial charge in [0.15, 0.2) is 0 Å². The fourth-order valence-corrected chi connectivity index (χ4v) is 2.22. The summed E-state index contributed by atoms with van der Waals surface area (Å²) in [6.07, 6.45) is -4.55. The van der Waals surface area contributed by atoms with Crippen molar-refractivity contribution in [1.29, 1.82) is 0 Å². The summed E-state index contributed by atoms with van der Waals surface area (Å²) in [5.41, 5.74) is 0.737. The van der Waals surface area contributed by atoms with E-state index in [2.05, 4.69) is 15.0 Å². The van der Waals surface area contributed by atoms with Crippen LogP contribution in [0.25, 0.3) is 0 Å². The molecule has 1 saturated heterocycles. The summed E-state index contributed by atoms with van der Waals surface area (Å²) in [4.78, 5) is 2.19. The summed E-state index contributed by atoms with van der Waals surface area (Å²) >= 11 is 0. The van der Waals surface area contributed by atoms with E-state index in [1.165, 1.54) is 12.1 Å². The highest BCUT2D eigenvalue weighted by atomic mass is 19.4. The number of morpholine rings is 1. The van der Waals surface area contributed by atoms with Crippen LogP contribution in [0.15, 0.2) is 24.3 Å². The number of nitrogens with zero attached hydrogens (tertiary/aromatic N) is 1. The Hall–Kier alpha value is -1.31. The van der Waals surface area contributed by atoms with Gasteiger partial charge in [-0.05, 0) is 24.7 Å². The van der Waals surface area contributed by atoms with Crippen LogP contribution in [0.1, 0.15) is 5.56 Å². The van der Waals surface area contributed by atoms with Gasteiger partial charge in [0, 0.05) is 26.2 Å². The number of alkyl halides is 3. The van der Waals surface area contributed by atoms with E-state index in [0.717, 1.165) is 18.7 Å². The molecule has 1 aromatic rings. The number of halogens is 3. The lowest BCUT2D eigenvalue weighted by molar-refractivity contribution is -0.274. The van der Waals surface area contributed by atoms with Gasteiger partial charge in [0.2, 0.25) is 0 Å². The van der Waals surface area contributed by atoms with Crippen molar-refractivity contribution in [2.24, 2.45) is 0 Å². The lowest BCUT2D eigenvalue weighted by Crippen LogP contribution is -2.44. The second-order valence-corrected chi connectivity index (χ2v) is 5.08. The Bertz CT molecular complexity index is 454. The molecule has 0 bridgehead atoms. The predicted molar refractivity (Wildman–Crippen MR) is 72.1 cm³/mol. The van der Waals surface area contributed by atoms with E-state index < -0.39 is 6.36 Å². The molecule has 0 saturated carbocycles. The number of likely N-dealkylation sites (N-methyl/N-ethyl adjacent to an activating group) is 1. The van der Waals surface area contributed by atoms with Crippen molar-refractivity contribution < 1.29 is 22.6 Å². The Balaban J connectivity index is 1.79. The summed E-state index contributed by atoms with van der Waals surface area (Å²) in [6, 6.07) is 5.97. The second-order valence-electron chi connectivity index (χ2n) is 5.08. The molecule has 118 valence electrons. The molecule has 4 nitrogen and oxygen atoms in total. The standard InChI is InChI=1S/C14H19F3N2O2/c1-19-5-6-20-13(10-19)9-18-8-11-3-2-4-12(7-11)21-14(15,16)17/h2-4,7,13,18H,5-6,8-10H2,1H3/t13-/m1/s1. The third-order valence-electron chi connectivity index (χ3n) is 3.18. The fourth-order valence-electron chi connectivity index (χ4n) is 2.22. The molecular weight excluding hydrogens is 285 g/mol. The highest BCUT2D eigenvalue weighted by Gasteiger charge is 2.31. The summed E-state index contributed by atoms with van der Waals surface area (Å²) in [5.74, 6) is -0.199. The van der Waals surface area contributed by atoms with Crippen molar-refractivity contribution in [2.45, 2.75) is 19.0 Å². The molecule has 7 heteroatoms. The maximum Gasteiger partial charge on any atom is 0.573 e. The van der Waals surface area contributed by atoms with E-state index in [4.69, 9.17) is 4.74 Å². The molecule has 21 heavy (non-hydrogen) atoms. The Labute approximate surface area is 121 Å². The largest absolute Gasteiger partial charge is 0.573 e. The number of benzene rings is 1. The third kappa shape index (κ3) is 5.91. The van der Waals surface area contributed by atoms with Gasteiger partial charge in [0.1, 0.15) is 5.75 Å². The van der Waals surface area contributed by atoms with Gasteiger partial charge in [-0.1, -0.05) is 12.1 Å². The van der Waals surface area contributed by atoms with Crippen molar-refractivity contribution in [2.75, 3.05) is 33.3 Å². The van der Waals surface area contributed by atoms with E-state index in [0.29, 0.717) is 19.7 Å². The smallest absolute Gasteiger partial charge is 0.406 e. The SMILES string of the molecule is CN1CCO[C@H](CNCc2cccc(OC(F)(F)F)c2)C1. The van der Waals surface area contributed by atoms with E-state index in [-0.39, 0.29) is 11.9 Å². The summed E-state index contributed by atoms with van der Waals surface area (Å²) in [7, 11) is 2.04. The third-order valence-corrected chi connectivity index (χ3v) is 3.18. The van der Waals surface area contributed by atoms with Crippen molar-refractivity contribution in [3.63, 3.8) is 0 Å². The number of rotatable bonds is 5. The van der Waals surface area contributed by atoms with Crippen molar-refractivity contribution >= 4 is 0 Å². The molecule has 0 aromatic heterocycles. The van der Waals surface area contributed by atoms with E-state index in [1.54, 1.807) is 12.1 Å². The van der Waals surface area contributed by atoms with Crippen molar-refractivity contribution in [3.8, 4) is 5.75 Å². The average molecular weight is 304 g/mol. The first kappa shape index (κ1) is 16.1. The van der Waals surface area contributed by atoms with Crippen LogP contribution in [-0.2, 0) is 11.3 Å². The van der Waals surface area contributed by atoms with Crippen molar-refractivity contribution in [3.05, 3.63) is 29.8 Å². The molecule has 0 aliphatic carbocycles. The van der Waals surface area contributed by atoms with Gasteiger partial charge in [-0.2, -0.15) is 0 Å². The molecular formula is C14H19F3N2O2. The molecule has 1 atom stereocenters. The number of ether oxygens (including phenoxy) is 2. The van der Waals surface area contributed by atoms with Crippen LogP contribution in [0.4, 0.5) is 13.2 Å². The highest BCUT2D eigenvalue weighted by molar-refractivity contribution is 5.28. The number of nitrogens with one attached hydrogen (secondary N) is 1. The lowest BCUT2D eigenvalue weighted by atomic mass is 10.2. The van der Waals surface area contributed by atoms with Crippen LogP contribution < -0.4 is 10.1 Å². The van der Waals surface area contributed by atoms with Crippen LogP contribution >= 0.6 is 0 Å². The summed E-state index contributed by atoms with van der Waals surface area (Å²) in [5, 5.41) is 3.19. The van der Waals surface area contributed by atoms with E-state index >= 15 is 0 Å². The fraction of sp³-hybridized carbons (Fsp3) is 0.571. The summed E-state index contributed by atoms with van der Waals surface area (Å²) in [6.45, 7) is 3.61. The minimum Gasteiger partial charge on any atom is -0.406 e. The zero-order chi connectivity index (χ0) is 15.3. The molecule has 0 radical (unpaired) electrons. The zero-order valence-corrected chi connectivity index (χ0v) is 11.8. The molecule has 0 amide bonds. The molecule has 0 unspecified atom stereocenters. The average Bonchev–Trinajstić information content (AvgIpc) is 2.37. The molecule has 1 aliphatic rings. The van der Waals surface area contributed by atoms with Crippen LogP contribution in [0.2, 0.25) is 0 Å². The Morgan fingerprint density at radius 2 is 2.24 bits per heavy atom. The van der Waals surface area contributed by atoms with Crippen LogP contribution in [-0.4, -0.2) is 50.7 Å². The van der Waals surface area contributed by atoms with Gasteiger partial charge in [-0.25, -0.2) is 0 Å². The van der Waals surface area contributed by atoms with Gasteiger partial charge in [0.25, 0.3) is 0 Å².